The molecule has 4 aromatic rings. The van der Waals surface area contributed by atoms with Crippen LogP contribution in [0.4, 0.5) is 11.9 Å². The molecular formula is C24H22ClN5O. The first-order chi connectivity index (χ1) is 15.2. The minimum absolute atomic E-state index is 0.00353. The van der Waals surface area contributed by atoms with E-state index in [4.69, 9.17) is 22.1 Å². The van der Waals surface area contributed by atoms with Gasteiger partial charge in [-0.3, -0.25) is 0 Å². The molecule has 0 fully saturated rings. The zero-order valence-corrected chi connectivity index (χ0v) is 17.5. The first kappa shape index (κ1) is 19.5. The van der Waals surface area contributed by atoms with Crippen molar-refractivity contribution in [2.75, 3.05) is 11.1 Å². The number of nitrogen functional groups attached to an aromatic ring is 1. The Morgan fingerprint density at radius 1 is 1.00 bits per heavy atom. The molecule has 0 amide bonds. The van der Waals surface area contributed by atoms with Crippen molar-refractivity contribution in [1.29, 1.82) is 0 Å². The SMILES string of the molecule is Nc1nc2n(n1)[C@@H](c1ccc(OCc3ccccc3)cc1)C[C@@H](c1ccccc1Cl)N2. The van der Waals surface area contributed by atoms with Crippen LogP contribution in [0.5, 0.6) is 5.75 Å². The number of hydrogen-bond donors (Lipinski definition) is 2. The summed E-state index contributed by atoms with van der Waals surface area (Å²) in [5.74, 6) is 1.71. The molecule has 0 aliphatic carbocycles. The normalized spacial score (nSPS) is 17.6. The van der Waals surface area contributed by atoms with Crippen LogP contribution in [0.25, 0.3) is 0 Å². The Morgan fingerprint density at radius 2 is 1.74 bits per heavy atom. The summed E-state index contributed by atoms with van der Waals surface area (Å²) in [5.41, 5.74) is 9.18. The van der Waals surface area contributed by atoms with Gasteiger partial charge in [0.25, 0.3) is 0 Å². The Hall–Kier alpha value is -3.51. The van der Waals surface area contributed by atoms with Crippen LogP contribution in [0.1, 0.15) is 35.2 Å². The van der Waals surface area contributed by atoms with E-state index in [2.05, 4.69) is 39.7 Å². The van der Waals surface area contributed by atoms with Gasteiger partial charge in [-0.15, -0.1) is 5.10 Å². The average molecular weight is 432 g/mol. The third-order valence-electron chi connectivity index (χ3n) is 5.50. The predicted octanol–water partition coefficient (Wildman–Crippen LogP) is 5.24. The second-order valence-electron chi connectivity index (χ2n) is 7.55. The Kier molecular flexibility index (Phi) is 5.22. The summed E-state index contributed by atoms with van der Waals surface area (Å²) >= 11 is 6.47. The quantitative estimate of drug-likeness (QED) is 0.452. The number of halogens is 1. The van der Waals surface area contributed by atoms with E-state index in [1.165, 1.54) is 0 Å². The summed E-state index contributed by atoms with van der Waals surface area (Å²) in [7, 11) is 0. The number of ether oxygens (including phenoxy) is 1. The van der Waals surface area contributed by atoms with Crippen molar-refractivity contribution in [3.05, 3.63) is 101 Å². The Labute approximate surface area is 185 Å². The lowest BCUT2D eigenvalue weighted by molar-refractivity contribution is 0.306. The molecule has 7 heteroatoms. The van der Waals surface area contributed by atoms with Gasteiger partial charge in [-0.1, -0.05) is 72.3 Å². The molecule has 0 spiro atoms. The van der Waals surface area contributed by atoms with E-state index in [-0.39, 0.29) is 18.0 Å². The maximum absolute atomic E-state index is 6.47. The number of nitrogens with zero attached hydrogens (tertiary/aromatic N) is 3. The molecule has 0 unspecified atom stereocenters. The average Bonchev–Trinajstić information content (AvgIpc) is 3.18. The van der Waals surface area contributed by atoms with E-state index in [1.807, 2.05) is 59.3 Å². The van der Waals surface area contributed by atoms with Crippen molar-refractivity contribution >= 4 is 23.5 Å². The van der Waals surface area contributed by atoms with Gasteiger partial charge in [0.15, 0.2) is 0 Å². The molecule has 1 aliphatic rings. The zero-order chi connectivity index (χ0) is 21.2. The van der Waals surface area contributed by atoms with E-state index >= 15 is 0 Å². The number of hydrogen-bond acceptors (Lipinski definition) is 5. The number of benzene rings is 3. The molecule has 156 valence electrons. The van der Waals surface area contributed by atoms with Gasteiger partial charge in [0.2, 0.25) is 11.9 Å². The fourth-order valence-corrected chi connectivity index (χ4v) is 4.23. The summed E-state index contributed by atoms with van der Waals surface area (Å²) in [4.78, 5) is 4.36. The van der Waals surface area contributed by atoms with Gasteiger partial charge >= 0.3 is 0 Å². The number of anilines is 2. The maximum atomic E-state index is 6.47. The van der Waals surface area contributed by atoms with Crippen LogP contribution in [0.3, 0.4) is 0 Å². The minimum Gasteiger partial charge on any atom is -0.489 e. The molecule has 3 aromatic carbocycles. The van der Waals surface area contributed by atoms with Crippen molar-refractivity contribution in [1.82, 2.24) is 14.8 Å². The molecule has 0 bridgehead atoms. The molecule has 0 saturated carbocycles. The monoisotopic (exact) mass is 431 g/mol. The third-order valence-corrected chi connectivity index (χ3v) is 5.84. The summed E-state index contributed by atoms with van der Waals surface area (Å²) in [6.45, 7) is 0.534. The predicted molar refractivity (Wildman–Crippen MR) is 122 cm³/mol. The molecule has 31 heavy (non-hydrogen) atoms. The Balaban J connectivity index is 1.39. The number of rotatable bonds is 5. The minimum atomic E-state index is -0.0227. The van der Waals surface area contributed by atoms with Crippen LogP contribution in [0.2, 0.25) is 5.02 Å². The molecule has 6 nitrogen and oxygen atoms in total. The van der Waals surface area contributed by atoms with Gasteiger partial charge in [-0.05, 0) is 41.3 Å². The van der Waals surface area contributed by atoms with E-state index in [0.717, 1.165) is 33.9 Å². The van der Waals surface area contributed by atoms with Crippen molar-refractivity contribution in [2.45, 2.75) is 25.1 Å². The number of fused-ring (bicyclic) bond motifs is 1. The van der Waals surface area contributed by atoms with Gasteiger partial charge in [-0.25, -0.2) is 4.68 Å². The lowest BCUT2D eigenvalue weighted by Crippen LogP contribution is -2.28. The highest BCUT2D eigenvalue weighted by Crippen LogP contribution is 2.40. The fraction of sp³-hybridized carbons (Fsp3) is 0.167. The largest absolute Gasteiger partial charge is 0.489 e. The maximum Gasteiger partial charge on any atom is 0.241 e. The standard InChI is InChI=1S/C24H22ClN5O/c25-20-9-5-4-8-19(20)21-14-22(30-24(27-21)28-23(26)29-30)17-10-12-18(13-11-17)31-15-16-6-2-1-3-7-16/h1-13,21-22H,14-15H2,(H3,26,27,28,29)/t21-,22+/m0/s1. The molecule has 0 radical (unpaired) electrons. The van der Waals surface area contributed by atoms with Crippen molar-refractivity contribution in [3.8, 4) is 5.75 Å². The highest BCUT2D eigenvalue weighted by Gasteiger charge is 2.31. The van der Waals surface area contributed by atoms with E-state index in [9.17, 15) is 0 Å². The lowest BCUT2D eigenvalue weighted by Gasteiger charge is -2.32. The van der Waals surface area contributed by atoms with E-state index in [1.54, 1.807) is 0 Å². The molecule has 0 saturated heterocycles. The second-order valence-corrected chi connectivity index (χ2v) is 7.96. The van der Waals surface area contributed by atoms with Crippen LogP contribution < -0.4 is 15.8 Å². The van der Waals surface area contributed by atoms with Crippen molar-refractivity contribution < 1.29 is 4.74 Å². The van der Waals surface area contributed by atoms with E-state index in [0.29, 0.717) is 12.6 Å². The summed E-state index contributed by atoms with van der Waals surface area (Å²) in [5, 5.41) is 8.57. The summed E-state index contributed by atoms with van der Waals surface area (Å²) in [6, 6.07) is 26.1. The summed E-state index contributed by atoms with van der Waals surface area (Å²) < 4.78 is 7.78. The van der Waals surface area contributed by atoms with Gasteiger partial charge in [0.1, 0.15) is 12.4 Å². The zero-order valence-electron chi connectivity index (χ0n) is 16.8. The van der Waals surface area contributed by atoms with Crippen LogP contribution in [0.15, 0.2) is 78.9 Å². The van der Waals surface area contributed by atoms with Gasteiger partial charge in [0.05, 0.1) is 12.1 Å². The Bertz CT molecular complexity index is 1180. The van der Waals surface area contributed by atoms with Gasteiger partial charge in [-0.2, -0.15) is 4.98 Å². The smallest absolute Gasteiger partial charge is 0.241 e. The van der Waals surface area contributed by atoms with Crippen LogP contribution in [-0.2, 0) is 6.61 Å². The lowest BCUT2D eigenvalue weighted by atomic mass is 9.93. The highest BCUT2D eigenvalue weighted by molar-refractivity contribution is 6.31. The Morgan fingerprint density at radius 3 is 2.52 bits per heavy atom. The molecular weight excluding hydrogens is 410 g/mol. The third kappa shape index (κ3) is 4.07. The molecule has 1 aliphatic heterocycles. The van der Waals surface area contributed by atoms with E-state index < -0.39 is 0 Å². The molecule has 3 N–H and O–H groups in total. The number of nitrogens with one attached hydrogen (secondary N) is 1. The molecule has 2 heterocycles. The summed E-state index contributed by atoms with van der Waals surface area (Å²) in [6.07, 6.45) is 0.768. The second kappa shape index (κ2) is 8.32. The topological polar surface area (TPSA) is 78.0 Å². The highest BCUT2D eigenvalue weighted by atomic mass is 35.5. The molecule has 2 atom stereocenters. The van der Waals surface area contributed by atoms with Crippen molar-refractivity contribution in [2.24, 2.45) is 0 Å². The first-order valence-electron chi connectivity index (χ1n) is 10.2. The molecule has 1 aromatic heterocycles. The van der Waals surface area contributed by atoms with Crippen LogP contribution in [0, 0.1) is 0 Å². The van der Waals surface area contributed by atoms with Crippen LogP contribution in [-0.4, -0.2) is 14.8 Å². The number of nitrogens with two attached hydrogens (primary N) is 1. The van der Waals surface area contributed by atoms with Gasteiger partial charge < -0.3 is 15.8 Å². The van der Waals surface area contributed by atoms with Crippen molar-refractivity contribution in [3.63, 3.8) is 0 Å². The molecule has 5 rings (SSSR count). The number of aromatic nitrogens is 3. The van der Waals surface area contributed by atoms with Crippen LogP contribution >= 0.6 is 11.6 Å². The van der Waals surface area contributed by atoms with Gasteiger partial charge in [0, 0.05) is 5.02 Å². The first-order valence-corrected chi connectivity index (χ1v) is 10.5. The fourth-order valence-electron chi connectivity index (χ4n) is 3.96.